The van der Waals surface area contributed by atoms with Crippen molar-refractivity contribution in [3.8, 4) is 11.1 Å². The number of hydrogen-bond acceptors (Lipinski definition) is 6. The third-order valence-electron chi connectivity index (χ3n) is 5.84. The Bertz CT molecular complexity index is 1130. The van der Waals surface area contributed by atoms with E-state index >= 15 is 0 Å². The van der Waals surface area contributed by atoms with E-state index in [0.29, 0.717) is 23.0 Å². The SMILES string of the molecule is CN(Cc1cccc(/C=C(\N)C(=N)c2cc(-c3cccnc3)ccc2N)c1)C1CCSC1.O.O. The Hall–Kier alpha value is -3.17. The second kappa shape index (κ2) is 12.3. The Kier molecular flexibility index (Phi) is 9.83. The Balaban J connectivity index is 0.00000204. The van der Waals surface area contributed by atoms with Crippen molar-refractivity contribution < 1.29 is 11.0 Å². The molecular formula is C26H33N5O2S. The molecule has 1 unspecified atom stereocenters. The molecule has 0 saturated carbocycles. The predicted octanol–water partition coefficient (Wildman–Crippen LogP) is 2.99. The average molecular weight is 480 g/mol. The maximum Gasteiger partial charge on any atom is 0.0862 e. The van der Waals surface area contributed by atoms with Gasteiger partial charge in [0, 0.05) is 47.5 Å². The summed E-state index contributed by atoms with van der Waals surface area (Å²) >= 11 is 2.03. The summed E-state index contributed by atoms with van der Waals surface area (Å²) in [7, 11) is 2.20. The van der Waals surface area contributed by atoms with E-state index < -0.39 is 0 Å². The lowest BCUT2D eigenvalue weighted by molar-refractivity contribution is 0.254. The van der Waals surface area contributed by atoms with Crippen LogP contribution >= 0.6 is 11.8 Å². The molecule has 1 saturated heterocycles. The number of rotatable bonds is 7. The molecule has 7 nitrogen and oxygen atoms in total. The van der Waals surface area contributed by atoms with Gasteiger partial charge in [-0.05, 0) is 60.2 Å². The summed E-state index contributed by atoms with van der Waals surface area (Å²) in [5.74, 6) is 2.46. The van der Waals surface area contributed by atoms with Gasteiger partial charge in [0.05, 0.1) is 11.4 Å². The molecule has 1 aliphatic heterocycles. The minimum atomic E-state index is 0. The van der Waals surface area contributed by atoms with Crippen LogP contribution in [0.25, 0.3) is 17.2 Å². The normalized spacial score (nSPS) is 15.5. The molecule has 34 heavy (non-hydrogen) atoms. The van der Waals surface area contributed by atoms with Gasteiger partial charge in [-0.2, -0.15) is 11.8 Å². The van der Waals surface area contributed by atoms with Crippen molar-refractivity contribution >= 4 is 29.2 Å². The number of nitrogens with one attached hydrogen (secondary N) is 1. The van der Waals surface area contributed by atoms with Crippen molar-refractivity contribution in [3.05, 3.63) is 89.4 Å². The monoisotopic (exact) mass is 479 g/mol. The third-order valence-corrected chi connectivity index (χ3v) is 6.99. The predicted molar refractivity (Wildman–Crippen MR) is 144 cm³/mol. The molecule has 8 heteroatoms. The van der Waals surface area contributed by atoms with Gasteiger partial charge >= 0.3 is 0 Å². The van der Waals surface area contributed by atoms with E-state index in [4.69, 9.17) is 16.9 Å². The maximum absolute atomic E-state index is 8.67. The summed E-state index contributed by atoms with van der Waals surface area (Å²) in [5.41, 5.74) is 18.5. The zero-order valence-electron chi connectivity index (χ0n) is 19.3. The number of aromatic nitrogens is 1. The van der Waals surface area contributed by atoms with Crippen molar-refractivity contribution in [1.82, 2.24) is 9.88 Å². The summed E-state index contributed by atoms with van der Waals surface area (Å²) in [6.07, 6.45) is 6.64. The molecule has 1 aliphatic rings. The second-order valence-electron chi connectivity index (χ2n) is 8.20. The highest BCUT2D eigenvalue weighted by molar-refractivity contribution is 7.99. The van der Waals surface area contributed by atoms with Crippen LogP contribution in [0.4, 0.5) is 5.69 Å². The highest BCUT2D eigenvalue weighted by Crippen LogP contribution is 2.25. The molecule has 0 amide bonds. The number of anilines is 1. The molecule has 2 heterocycles. The lowest BCUT2D eigenvalue weighted by Gasteiger charge is -2.23. The van der Waals surface area contributed by atoms with Crippen LogP contribution in [-0.4, -0.2) is 51.1 Å². The number of nitrogens with zero attached hydrogens (tertiary/aromatic N) is 2. The zero-order valence-corrected chi connectivity index (χ0v) is 20.1. The fourth-order valence-electron chi connectivity index (χ4n) is 3.96. The van der Waals surface area contributed by atoms with Crippen LogP contribution < -0.4 is 11.5 Å². The number of hydrogen-bond donors (Lipinski definition) is 3. The summed E-state index contributed by atoms with van der Waals surface area (Å²) in [6.45, 7) is 0.907. The average Bonchev–Trinajstić information content (AvgIpc) is 3.35. The van der Waals surface area contributed by atoms with Crippen molar-refractivity contribution in [3.63, 3.8) is 0 Å². The first-order chi connectivity index (χ1) is 15.5. The highest BCUT2D eigenvalue weighted by atomic mass is 32.2. The van der Waals surface area contributed by atoms with E-state index in [-0.39, 0.29) is 16.7 Å². The third kappa shape index (κ3) is 6.45. The first-order valence-corrected chi connectivity index (χ1v) is 11.9. The molecule has 0 radical (unpaired) electrons. The van der Waals surface area contributed by atoms with Crippen LogP contribution in [0, 0.1) is 5.41 Å². The molecule has 4 rings (SSSR count). The topological polar surface area (TPSA) is 155 Å². The summed E-state index contributed by atoms with van der Waals surface area (Å²) in [4.78, 5) is 6.61. The second-order valence-corrected chi connectivity index (χ2v) is 9.35. The van der Waals surface area contributed by atoms with Gasteiger partial charge in [0.2, 0.25) is 0 Å². The first kappa shape index (κ1) is 27.1. The molecule has 9 N–H and O–H groups in total. The maximum atomic E-state index is 8.67. The fraction of sp³-hybridized carbons (Fsp3) is 0.231. The van der Waals surface area contributed by atoms with E-state index in [1.54, 1.807) is 12.4 Å². The molecule has 0 aliphatic carbocycles. The summed E-state index contributed by atoms with van der Waals surface area (Å²) in [6, 6.07) is 18.5. The smallest absolute Gasteiger partial charge is 0.0862 e. The molecule has 0 bridgehead atoms. The number of benzene rings is 2. The molecule has 1 aromatic heterocycles. The molecule has 3 aromatic rings. The molecule has 2 aromatic carbocycles. The standard InChI is InChI=1S/C26H29N5S.2H2O/c1-31(22-9-11-32-17-22)16-19-5-2-4-18(12-19)13-25(28)26(29)23-14-20(7-8-24(23)27)21-6-3-10-30-15-21;;/h2-8,10,12-15,22,29H,9,11,16-17,27-28H2,1H3;2*1H2/b25-13-,29-26?;;. The van der Waals surface area contributed by atoms with Gasteiger partial charge in [0.15, 0.2) is 0 Å². The summed E-state index contributed by atoms with van der Waals surface area (Å²) < 4.78 is 0. The van der Waals surface area contributed by atoms with Gasteiger partial charge in [0.1, 0.15) is 0 Å². The van der Waals surface area contributed by atoms with Crippen molar-refractivity contribution in [1.29, 1.82) is 5.41 Å². The number of nitrogen functional groups attached to an aromatic ring is 1. The lowest BCUT2D eigenvalue weighted by atomic mass is 9.98. The van der Waals surface area contributed by atoms with Crippen molar-refractivity contribution in [2.45, 2.75) is 19.0 Å². The van der Waals surface area contributed by atoms with Crippen LogP contribution in [0.1, 0.15) is 23.1 Å². The minimum absolute atomic E-state index is 0. The number of allylic oxidation sites excluding steroid dienone is 1. The van der Waals surface area contributed by atoms with Gasteiger partial charge in [-0.25, -0.2) is 0 Å². The Morgan fingerprint density at radius 3 is 2.68 bits per heavy atom. The van der Waals surface area contributed by atoms with Crippen LogP contribution in [0.15, 0.2) is 72.7 Å². The molecular weight excluding hydrogens is 446 g/mol. The fourth-order valence-corrected chi connectivity index (χ4v) is 5.26. The van der Waals surface area contributed by atoms with Crippen molar-refractivity contribution in [2.75, 3.05) is 24.3 Å². The van der Waals surface area contributed by atoms with Crippen LogP contribution in [-0.2, 0) is 6.54 Å². The molecule has 180 valence electrons. The van der Waals surface area contributed by atoms with Crippen molar-refractivity contribution in [2.24, 2.45) is 5.73 Å². The number of nitrogens with two attached hydrogens (primary N) is 2. The Morgan fingerprint density at radius 1 is 1.15 bits per heavy atom. The minimum Gasteiger partial charge on any atom is -0.412 e. The van der Waals surface area contributed by atoms with E-state index in [0.717, 1.165) is 23.2 Å². The molecule has 1 fully saturated rings. The Morgan fingerprint density at radius 2 is 1.97 bits per heavy atom. The van der Waals surface area contributed by atoms with Gasteiger partial charge in [-0.1, -0.05) is 36.4 Å². The van der Waals surface area contributed by atoms with Gasteiger partial charge in [-0.15, -0.1) is 0 Å². The number of pyridine rings is 1. The number of thioether (sulfide) groups is 1. The van der Waals surface area contributed by atoms with Crippen LogP contribution in [0.3, 0.4) is 0 Å². The van der Waals surface area contributed by atoms with E-state index in [1.165, 1.54) is 23.5 Å². The quantitative estimate of drug-likeness (QED) is 0.351. The van der Waals surface area contributed by atoms with E-state index in [2.05, 4.69) is 29.1 Å². The first-order valence-electron chi connectivity index (χ1n) is 10.7. The largest absolute Gasteiger partial charge is 0.412 e. The zero-order chi connectivity index (χ0) is 22.5. The Labute approximate surface area is 205 Å². The highest BCUT2D eigenvalue weighted by Gasteiger charge is 2.20. The van der Waals surface area contributed by atoms with E-state index in [1.807, 2.05) is 60.3 Å². The van der Waals surface area contributed by atoms with Crippen LogP contribution in [0.2, 0.25) is 0 Å². The van der Waals surface area contributed by atoms with Gasteiger partial charge < -0.3 is 22.4 Å². The summed E-state index contributed by atoms with van der Waals surface area (Å²) in [5, 5.41) is 8.67. The van der Waals surface area contributed by atoms with Gasteiger partial charge in [0.25, 0.3) is 0 Å². The van der Waals surface area contributed by atoms with E-state index in [9.17, 15) is 0 Å². The molecule has 0 spiro atoms. The molecule has 1 atom stereocenters. The van der Waals surface area contributed by atoms with Crippen LogP contribution in [0.5, 0.6) is 0 Å². The lowest BCUT2D eigenvalue weighted by Crippen LogP contribution is -2.30. The van der Waals surface area contributed by atoms with Gasteiger partial charge in [-0.3, -0.25) is 15.3 Å².